The second kappa shape index (κ2) is 7.11. The molecule has 0 atom stereocenters. The van der Waals surface area contributed by atoms with Crippen molar-refractivity contribution in [1.29, 1.82) is 0 Å². The number of carbonyl (C=O) groups excluding carboxylic acids is 1. The van der Waals surface area contributed by atoms with Crippen LogP contribution in [-0.2, 0) is 6.42 Å². The fourth-order valence-corrected chi connectivity index (χ4v) is 3.13. The highest BCUT2D eigenvalue weighted by molar-refractivity contribution is 5.97. The van der Waals surface area contributed by atoms with Crippen LogP contribution in [0, 0.1) is 5.82 Å². The minimum absolute atomic E-state index is 0.0634. The van der Waals surface area contributed by atoms with Crippen LogP contribution < -0.4 is 16.4 Å². The maximum absolute atomic E-state index is 13.3. The van der Waals surface area contributed by atoms with E-state index in [4.69, 9.17) is 0 Å². The first-order valence-corrected chi connectivity index (χ1v) is 8.73. The zero-order chi connectivity index (χ0) is 19.7. The van der Waals surface area contributed by atoms with Crippen LogP contribution in [0.25, 0.3) is 21.8 Å². The summed E-state index contributed by atoms with van der Waals surface area (Å²) in [4.78, 5) is 42.0. The van der Waals surface area contributed by atoms with Gasteiger partial charge in [0.25, 0.3) is 17.0 Å². The number of amides is 1. The normalized spacial score (nSPS) is 11.0. The molecule has 0 aliphatic carbocycles. The van der Waals surface area contributed by atoms with Crippen molar-refractivity contribution in [2.24, 2.45) is 0 Å². The number of halogens is 1. The number of fused-ring (bicyclic) bond motifs is 2. The monoisotopic (exact) mass is 377 g/mol. The summed E-state index contributed by atoms with van der Waals surface area (Å²) in [7, 11) is 0. The standard InChI is InChI=1S/C21H16FN3O3/c22-15-6-5-13-10-16(21(28)25-18(13)11-15)20(27)23-8-7-14-9-12-3-1-2-4-17(12)24-19(14)26/h1-6,9-11H,7-8H2,(H,23,27)(H,24,26)(H,25,28). The first-order valence-electron chi connectivity index (χ1n) is 8.73. The first kappa shape index (κ1) is 17.7. The van der Waals surface area contributed by atoms with E-state index in [-0.39, 0.29) is 17.7 Å². The predicted octanol–water partition coefficient (Wildman–Crippen LogP) is 2.48. The summed E-state index contributed by atoms with van der Waals surface area (Å²) < 4.78 is 13.3. The van der Waals surface area contributed by atoms with Crippen molar-refractivity contribution in [3.8, 4) is 0 Å². The number of aromatic nitrogens is 2. The Morgan fingerprint density at radius 2 is 1.64 bits per heavy atom. The lowest BCUT2D eigenvalue weighted by Crippen LogP contribution is -2.31. The molecule has 6 nitrogen and oxygen atoms in total. The summed E-state index contributed by atoms with van der Waals surface area (Å²) in [6.45, 7) is 0.196. The summed E-state index contributed by atoms with van der Waals surface area (Å²) >= 11 is 0. The van der Waals surface area contributed by atoms with Crippen LogP contribution in [0.2, 0.25) is 0 Å². The van der Waals surface area contributed by atoms with Gasteiger partial charge in [-0.3, -0.25) is 14.4 Å². The van der Waals surface area contributed by atoms with Gasteiger partial charge in [-0.15, -0.1) is 0 Å². The first-order chi connectivity index (χ1) is 13.5. The van der Waals surface area contributed by atoms with Gasteiger partial charge in [-0.05, 0) is 53.6 Å². The third-order valence-electron chi connectivity index (χ3n) is 4.56. The maximum Gasteiger partial charge on any atom is 0.261 e. The Balaban J connectivity index is 1.50. The molecule has 2 aromatic carbocycles. The Hall–Kier alpha value is -3.74. The Bertz CT molecular complexity index is 1320. The van der Waals surface area contributed by atoms with Crippen molar-refractivity contribution in [2.45, 2.75) is 6.42 Å². The number of nitrogens with one attached hydrogen (secondary N) is 3. The zero-order valence-electron chi connectivity index (χ0n) is 14.7. The Kier molecular flexibility index (Phi) is 4.49. The molecule has 1 amide bonds. The highest BCUT2D eigenvalue weighted by Crippen LogP contribution is 2.13. The third kappa shape index (κ3) is 3.42. The van der Waals surface area contributed by atoms with E-state index >= 15 is 0 Å². The van der Waals surface area contributed by atoms with E-state index in [9.17, 15) is 18.8 Å². The number of pyridine rings is 2. The minimum atomic E-state index is -0.598. The SMILES string of the molecule is O=C(NCCc1cc2ccccc2[nH]c1=O)c1cc2ccc(F)cc2[nH]c1=O. The molecule has 28 heavy (non-hydrogen) atoms. The van der Waals surface area contributed by atoms with Crippen LogP contribution in [0.1, 0.15) is 15.9 Å². The maximum atomic E-state index is 13.3. The number of benzene rings is 2. The van der Waals surface area contributed by atoms with Gasteiger partial charge < -0.3 is 15.3 Å². The van der Waals surface area contributed by atoms with E-state index in [2.05, 4.69) is 15.3 Å². The second-order valence-corrected chi connectivity index (χ2v) is 6.46. The van der Waals surface area contributed by atoms with E-state index < -0.39 is 17.3 Å². The van der Waals surface area contributed by atoms with Gasteiger partial charge in [-0.2, -0.15) is 0 Å². The molecule has 2 aromatic heterocycles. The van der Waals surface area contributed by atoms with Crippen LogP contribution >= 0.6 is 0 Å². The van der Waals surface area contributed by atoms with E-state index in [1.807, 2.05) is 24.3 Å². The molecule has 4 aromatic rings. The number of carbonyl (C=O) groups is 1. The van der Waals surface area contributed by atoms with Crippen molar-refractivity contribution in [2.75, 3.05) is 6.54 Å². The van der Waals surface area contributed by atoms with Crippen molar-refractivity contribution in [1.82, 2.24) is 15.3 Å². The lowest BCUT2D eigenvalue weighted by Gasteiger charge is -2.07. The molecule has 0 unspecified atom stereocenters. The van der Waals surface area contributed by atoms with Gasteiger partial charge in [0.1, 0.15) is 11.4 Å². The topological polar surface area (TPSA) is 94.8 Å². The number of H-pyrrole nitrogens is 2. The second-order valence-electron chi connectivity index (χ2n) is 6.46. The fraction of sp³-hybridized carbons (Fsp3) is 0.0952. The molecule has 3 N–H and O–H groups in total. The van der Waals surface area contributed by atoms with Gasteiger partial charge in [-0.1, -0.05) is 18.2 Å². The van der Waals surface area contributed by atoms with Gasteiger partial charge in [0, 0.05) is 17.6 Å². The number of hydrogen-bond donors (Lipinski definition) is 3. The van der Waals surface area contributed by atoms with Gasteiger partial charge in [0.05, 0.1) is 5.52 Å². The molecule has 0 aliphatic heterocycles. The molecule has 0 fully saturated rings. The van der Waals surface area contributed by atoms with Crippen molar-refractivity contribution >= 4 is 27.7 Å². The molecule has 140 valence electrons. The molecule has 7 heteroatoms. The molecule has 0 bridgehead atoms. The Morgan fingerprint density at radius 1 is 0.893 bits per heavy atom. The molecule has 0 radical (unpaired) electrons. The lowest BCUT2D eigenvalue weighted by atomic mass is 10.1. The van der Waals surface area contributed by atoms with Crippen molar-refractivity contribution in [3.05, 3.63) is 92.2 Å². The summed E-state index contributed by atoms with van der Waals surface area (Å²) in [5.41, 5.74) is 0.745. The molecule has 4 rings (SSSR count). The summed E-state index contributed by atoms with van der Waals surface area (Å²) in [5, 5.41) is 4.11. The third-order valence-corrected chi connectivity index (χ3v) is 4.56. The largest absolute Gasteiger partial charge is 0.352 e. The summed E-state index contributed by atoms with van der Waals surface area (Å²) in [6.07, 6.45) is 0.322. The smallest absolute Gasteiger partial charge is 0.261 e. The van der Waals surface area contributed by atoms with Crippen molar-refractivity contribution < 1.29 is 9.18 Å². The van der Waals surface area contributed by atoms with E-state index in [0.29, 0.717) is 22.9 Å². The van der Waals surface area contributed by atoms with Gasteiger partial charge in [0.15, 0.2) is 0 Å². The number of para-hydroxylation sites is 1. The van der Waals surface area contributed by atoms with Gasteiger partial charge in [0.2, 0.25) is 0 Å². The quantitative estimate of drug-likeness (QED) is 0.510. The average molecular weight is 377 g/mol. The summed E-state index contributed by atoms with van der Waals surface area (Å²) in [5.74, 6) is -1.02. The lowest BCUT2D eigenvalue weighted by molar-refractivity contribution is 0.0953. The fourth-order valence-electron chi connectivity index (χ4n) is 3.13. The Labute approximate surface area is 158 Å². The van der Waals surface area contributed by atoms with Gasteiger partial charge in [-0.25, -0.2) is 4.39 Å². The van der Waals surface area contributed by atoms with E-state index in [1.165, 1.54) is 24.3 Å². The van der Waals surface area contributed by atoms with Crippen LogP contribution in [-0.4, -0.2) is 22.4 Å². The number of aromatic amines is 2. The van der Waals surface area contributed by atoms with Gasteiger partial charge >= 0.3 is 0 Å². The molecule has 0 aliphatic rings. The van der Waals surface area contributed by atoms with E-state index in [1.54, 1.807) is 6.07 Å². The molecule has 0 saturated heterocycles. The van der Waals surface area contributed by atoms with Crippen LogP contribution in [0.3, 0.4) is 0 Å². The van der Waals surface area contributed by atoms with E-state index in [0.717, 1.165) is 10.9 Å². The van der Waals surface area contributed by atoms with Crippen LogP contribution in [0.5, 0.6) is 0 Å². The molecule has 0 saturated carbocycles. The highest BCUT2D eigenvalue weighted by Gasteiger charge is 2.12. The zero-order valence-corrected chi connectivity index (χ0v) is 14.7. The van der Waals surface area contributed by atoms with Crippen LogP contribution in [0.15, 0.2) is 64.2 Å². The molecule has 2 heterocycles. The average Bonchev–Trinajstić information content (AvgIpc) is 2.67. The molecular weight excluding hydrogens is 361 g/mol. The minimum Gasteiger partial charge on any atom is -0.352 e. The molecular formula is C21H16FN3O3. The number of rotatable bonds is 4. The summed E-state index contributed by atoms with van der Waals surface area (Å²) in [6, 6.07) is 14.6. The predicted molar refractivity (Wildman–Crippen MR) is 105 cm³/mol. The molecule has 0 spiro atoms. The van der Waals surface area contributed by atoms with Crippen molar-refractivity contribution in [3.63, 3.8) is 0 Å². The Morgan fingerprint density at radius 3 is 2.50 bits per heavy atom. The van der Waals surface area contributed by atoms with Crippen LogP contribution in [0.4, 0.5) is 4.39 Å². The number of hydrogen-bond acceptors (Lipinski definition) is 3. The highest BCUT2D eigenvalue weighted by atomic mass is 19.1.